The van der Waals surface area contributed by atoms with Crippen LogP contribution >= 0.6 is 0 Å². The summed E-state index contributed by atoms with van der Waals surface area (Å²) in [5.74, 6) is 2.06. The molecule has 0 unspecified atom stereocenters. The lowest BCUT2D eigenvalue weighted by Crippen LogP contribution is -2.31. The summed E-state index contributed by atoms with van der Waals surface area (Å²) in [6.45, 7) is 5.80. The summed E-state index contributed by atoms with van der Waals surface area (Å²) in [6.07, 6.45) is 3.72. The summed E-state index contributed by atoms with van der Waals surface area (Å²) >= 11 is 0. The third kappa shape index (κ3) is 3.73. The molecule has 1 saturated carbocycles. The maximum Gasteiger partial charge on any atom is 0.228 e. The molecule has 0 saturated heterocycles. The highest BCUT2D eigenvalue weighted by molar-refractivity contribution is 6.03. The first-order valence-electron chi connectivity index (χ1n) is 11.3. The van der Waals surface area contributed by atoms with Crippen LogP contribution in [0.3, 0.4) is 0 Å². The van der Waals surface area contributed by atoms with Gasteiger partial charge in [-0.25, -0.2) is 14.6 Å². The molecule has 170 valence electrons. The standard InChI is InChI=1S/C24H27N7O2/c1-5-20(32)16-12-25-21(28-24(33)15-9-10-15)11-18(16)27-17-7-6-8-19-22(17)30(4)13(2)23-26-14(3)29-31(19)23/h6-8,11-13,15H,5,9-10H2,1-4H3,(H2,25,27,28,33)/t13-/m0/s1. The Morgan fingerprint density at radius 1 is 1.21 bits per heavy atom. The maximum absolute atomic E-state index is 12.6. The van der Waals surface area contributed by atoms with Gasteiger partial charge in [0, 0.05) is 31.6 Å². The van der Waals surface area contributed by atoms with Gasteiger partial charge < -0.3 is 15.5 Å². The summed E-state index contributed by atoms with van der Waals surface area (Å²) in [5.41, 5.74) is 3.80. The predicted molar refractivity (Wildman–Crippen MR) is 126 cm³/mol. The molecule has 5 rings (SSSR count). The van der Waals surface area contributed by atoms with Gasteiger partial charge in [-0.3, -0.25) is 9.59 Å². The Hall–Kier alpha value is -3.75. The zero-order chi connectivity index (χ0) is 23.3. The highest BCUT2D eigenvalue weighted by Gasteiger charge is 2.32. The zero-order valence-corrected chi connectivity index (χ0v) is 19.2. The number of rotatable bonds is 6. The fourth-order valence-electron chi connectivity index (χ4n) is 4.18. The van der Waals surface area contributed by atoms with Crippen molar-refractivity contribution in [1.29, 1.82) is 0 Å². The van der Waals surface area contributed by atoms with Crippen LogP contribution < -0.4 is 15.5 Å². The lowest BCUT2D eigenvalue weighted by Gasteiger charge is -2.35. The van der Waals surface area contributed by atoms with E-state index >= 15 is 0 Å². The molecule has 1 fully saturated rings. The molecule has 0 spiro atoms. The molecule has 9 heteroatoms. The zero-order valence-electron chi connectivity index (χ0n) is 19.2. The molecule has 1 aromatic carbocycles. The van der Waals surface area contributed by atoms with Crippen molar-refractivity contribution in [2.24, 2.45) is 5.92 Å². The second-order valence-corrected chi connectivity index (χ2v) is 8.67. The van der Waals surface area contributed by atoms with Crippen LogP contribution in [-0.2, 0) is 4.79 Å². The first-order chi connectivity index (χ1) is 15.9. The van der Waals surface area contributed by atoms with Crippen molar-refractivity contribution in [2.75, 3.05) is 22.6 Å². The lowest BCUT2D eigenvalue weighted by molar-refractivity contribution is -0.117. The highest BCUT2D eigenvalue weighted by atomic mass is 16.2. The number of carbonyl (C=O) groups is 2. The van der Waals surface area contributed by atoms with E-state index in [0.29, 0.717) is 23.5 Å². The Labute approximate surface area is 192 Å². The van der Waals surface area contributed by atoms with E-state index in [1.165, 1.54) is 6.20 Å². The van der Waals surface area contributed by atoms with Gasteiger partial charge in [0.2, 0.25) is 5.91 Å². The number of benzene rings is 1. The molecule has 1 amide bonds. The minimum Gasteiger partial charge on any atom is -0.361 e. The van der Waals surface area contributed by atoms with Crippen molar-refractivity contribution in [2.45, 2.75) is 46.1 Å². The second-order valence-electron chi connectivity index (χ2n) is 8.67. The normalized spacial score (nSPS) is 16.7. The SMILES string of the molecule is CCC(=O)c1cnc(NC(=O)C2CC2)cc1Nc1cccc2c1N(C)[C@@H](C)c1nc(C)nn1-2. The van der Waals surface area contributed by atoms with Crippen LogP contribution in [0.15, 0.2) is 30.5 Å². The molecule has 2 N–H and O–H groups in total. The largest absolute Gasteiger partial charge is 0.361 e. The van der Waals surface area contributed by atoms with Crippen molar-refractivity contribution >= 4 is 34.6 Å². The third-order valence-corrected chi connectivity index (χ3v) is 6.28. The van der Waals surface area contributed by atoms with Gasteiger partial charge in [-0.1, -0.05) is 13.0 Å². The Morgan fingerprint density at radius 2 is 2.00 bits per heavy atom. The molecule has 3 heterocycles. The van der Waals surface area contributed by atoms with E-state index in [2.05, 4.69) is 37.5 Å². The molecular formula is C24H27N7O2. The topological polar surface area (TPSA) is 105 Å². The average Bonchev–Trinajstić information content (AvgIpc) is 3.58. The summed E-state index contributed by atoms with van der Waals surface area (Å²) in [7, 11) is 2.02. The maximum atomic E-state index is 12.6. The molecule has 2 aromatic heterocycles. The van der Waals surface area contributed by atoms with Gasteiger partial charge in [0.15, 0.2) is 11.6 Å². The summed E-state index contributed by atoms with van der Waals surface area (Å²) in [6, 6.07) is 7.68. The number of pyridine rings is 1. The number of Topliss-reactive ketones (excluding diaryl/α,β-unsaturated/α-hetero) is 1. The summed E-state index contributed by atoms with van der Waals surface area (Å²) in [4.78, 5) is 36.0. The molecule has 0 bridgehead atoms. The lowest BCUT2D eigenvalue weighted by atomic mass is 10.1. The number of amides is 1. The van der Waals surface area contributed by atoms with Crippen molar-refractivity contribution in [1.82, 2.24) is 19.7 Å². The third-order valence-electron chi connectivity index (χ3n) is 6.28. The molecule has 1 atom stereocenters. The number of aryl methyl sites for hydroxylation is 1. The van der Waals surface area contributed by atoms with E-state index in [-0.39, 0.29) is 23.7 Å². The molecule has 1 aliphatic heterocycles. The van der Waals surface area contributed by atoms with Gasteiger partial charge >= 0.3 is 0 Å². The number of hydrogen-bond acceptors (Lipinski definition) is 7. The van der Waals surface area contributed by atoms with Gasteiger partial charge in [-0.2, -0.15) is 5.10 Å². The van der Waals surface area contributed by atoms with E-state index in [1.807, 2.05) is 43.8 Å². The quantitative estimate of drug-likeness (QED) is 0.549. The molecule has 3 aromatic rings. The van der Waals surface area contributed by atoms with Gasteiger partial charge in [-0.05, 0) is 38.8 Å². The number of ketones is 1. The number of nitrogens with zero attached hydrogens (tertiary/aromatic N) is 5. The number of carbonyl (C=O) groups excluding carboxylic acids is 2. The molecule has 33 heavy (non-hydrogen) atoms. The van der Waals surface area contributed by atoms with Crippen molar-refractivity contribution in [3.05, 3.63) is 47.7 Å². The fourth-order valence-corrected chi connectivity index (χ4v) is 4.18. The first kappa shape index (κ1) is 21.1. The minimum absolute atomic E-state index is 0.0178. The van der Waals surface area contributed by atoms with Gasteiger partial charge in [0.25, 0.3) is 0 Å². The van der Waals surface area contributed by atoms with Gasteiger partial charge in [0.1, 0.15) is 11.6 Å². The number of aromatic nitrogens is 4. The average molecular weight is 446 g/mol. The van der Waals surface area contributed by atoms with Crippen LogP contribution in [0.5, 0.6) is 0 Å². The van der Waals surface area contributed by atoms with E-state index in [9.17, 15) is 9.59 Å². The van der Waals surface area contributed by atoms with Crippen LogP contribution in [0.4, 0.5) is 22.9 Å². The van der Waals surface area contributed by atoms with Crippen LogP contribution in [0.1, 0.15) is 61.2 Å². The van der Waals surface area contributed by atoms with E-state index in [0.717, 1.165) is 41.6 Å². The van der Waals surface area contributed by atoms with Crippen LogP contribution in [0, 0.1) is 12.8 Å². The number of para-hydroxylation sites is 1. The molecule has 2 aliphatic rings. The number of hydrogen-bond donors (Lipinski definition) is 2. The minimum atomic E-state index is -0.0252. The summed E-state index contributed by atoms with van der Waals surface area (Å²) in [5, 5.41) is 10.9. The molecular weight excluding hydrogens is 418 g/mol. The highest BCUT2D eigenvalue weighted by Crippen LogP contribution is 2.42. The van der Waals surface area contributed by atoms with E-state index < -0.39 is 0 Å². The van der Waals surface area contributed by atoms with Crippen LogP contribution in [0.2, 0.25) is 0 Å². The monoisotopic (exact) mass is 445 g/mol. The van der Waals surface area contributed by atoms with E-state index in [4.69, 9.17) is 0 Å². The van der Waals surface area contributed by atoms with Gasteiger partial charge in [-0.15, -0.1) is 0 Å². The van der Waals surface area contributed by atoms with Crippen molar-refractivity contribution < 1.29 is 9.59 Å². The number of fused-ring (bicyclic) bond motifs is 3. The Balaban J connectivity index is 1.57. The Morgan fingerprint density at radius 3 is 2.73 bits per heavy atom. The molecule has 9 nitrogen and oxygen atoms in total. The second kappa shape index (κ2) is 7.99. The smallest absolute Gasteiger partial charge is 0.228 e. The predicted octanol–water partition coefficient (Wildman–Crippen LogP) is 4.17. The van der Waals surface area contributed by atoms with Crippen LogP contribution in [0.25, 0.3) is 5.69 Å². The summed E-state index contributed by atoms with van der Waals surface area (Å²) < 4.78 is 1.88. The number of anilines is 4. The number of nitrogens with one attached hydrogen (secondary N) is 2. The Bertz CT molecular complexity index is 1260. The fraction of sp³-hybridized carbons (Fsp3) is 0.375. The van der Waals surface area contributed by atoms with Gasteiger partial charge in [0.05, 0.1) is 34.4 Å². The molecule has 1 aliphatic carbocycles. The van der Waals surface area contributed by atoms with Crippen LogP contribution in [-0.4, -0.2) is 38.5 Å². The molecule has 0 radical (unpaired) electrons. The van der Waals surface area contributed by atoms with Crippen molar-refractivity contribution in [3.8, 4) is 5.69 Å². The first-order valence-corrected chi connectivity index (χ1v) is 11.3. The Kier molecular flexibility index (Phi) is 5.11. The van der Waals surface area contributed by atoms with E-state index in [1.54, 1.807) is 6.07 Å². The van der Waals surface area contributed by atoms with Crippen molar-refractivity contribution in [3.63, 3.8) is 0 Å².